The first-order valence-corrected chi connectivity index (χ1v) is 9.32. The Morgan fingerprint density at radius 3 is 2.32 bits per heavy atom. The highest BCUT2D eigenvalue weighted by Gasteiger charge is 2.32. The van der Waals surface area contributed by atoms with Crippen LogP contribution in [0.2, 0.25) is 0 Å². The molecule has 1 aliphatic heterocycles. The van der Waals surface area contributed by atoms with Crippen LogP contribution < -0.4 is 10.2 Å². The second kappa shape index (κ2) is 7.31. The van der Waals surface area contributed by atoms with Gasteiger partial charge in [-0.25, -0.2) is 5.43 Å². The lowest BCUT2D eigenvalue weighted by atomic mass is 9.87. The molecule has 6 heteroatoms. The number of hydrazone groups is 1. The molecular weight excluding hydrogens is 352 g/mol. The maximum atomic E-state index is 13.1. The molecule has 3 aromatic rings. The van der Waals surface area contributed by atoms with Gasteiger partial charge in [0.25, 0.3) is 5.91 Å². The fraction of sp³-hybridized carbons (Fsp3) is 0.227. The first-order valence-electron chi connectivity index (χ1n) is 9.32. The Bertz CT molecular complexity index is 1020. The van der Waals surface area contributed by atoms with Crippen LogP contribution >= 0.6 is 0 Å². The Labute approximate surface area is 163 Å². The van der Waals surface area contributed by atoms with Gasteiger partial charge in [0.05, 0.1) is 17.3 Å². The average molecular weight is 374 g/mol. The van der Waals surface area contributed by atoms with Gasteiger partial charge in [-0.15, -0.1) is 0 Å². The molecule has 0 atom stereocenters. The van der Waals surface area contributed by atoms with Gasteiger partial charge in [0.15, 0.2) is 0 Å². The summed E-state index contributed by atoms with van der Waals surface area (Å²) in [7, 11) is 0. The van der Waals surface area contributed by atoms with Gasteiger partial charge >= 0.3 is 0 Å². The van der Waals surface area contributed by atoms with E-state index in [1.807, 2.05) is 80.2 Å². The van der Waals surface area contributed by atoms with Gasteiger partial charge in [0.2, 0.25) is 0 Å². The van der Waals surface area contributed by atoms with E-state index in [2.05, 4.69) is 15.6 Å². The molecule has 2 aromatic carbocycles. The van der Waals surface area contributed by atoms with E-state index in [0.29, 0.717) is 11.5 Å². The number of amides is 1. The SMILES string of the molecule is CCn1cc(/C(C)=N\NC(=O)C2c3ccccc3Oc3ccccc32)c(C)n1. The fourth-order valence-electron chi connectivity index (χ4n) is 3.49. The Kier molecular flexibility index (Phi) is 4.69. The van der Waals surface area contributed by atoms with E-state index in [1.165, 1.54) is 0 Å². The Balaban J connectivity index is 1.64. The van der Waals surface area contributed by atoms with Crippen molar-refractivity contribution < 1.29 is 9.53 Å². The highest BCUT2D eigenvalue weighted by Crippen LogP contribution is 2.43. The van der Waals surface area contributed by atoms with Crippen LogP contribution in [0.5, 0.6) is 11.5 Å². The average Bonchev–Trinajstić information content (AvgIpc) is 3.10. The predicted molar refractivity (Wildman–Crippen MR) is 108 cm³/mol. The summed E-state index contributed by atoms with van der Waals surface area (Å²) < 4.78 is 7.81. The van der Waals surface area contributed by atoms with Crippen LogP contribution in [0.25, 0.3) is 0 Å². The summed E-state index contributed by atoms with van der Waals surface area (Å²) in [5.41, 5.74) is 6.95. The molecule has 2 heterocycles. The van der Waals surface area contributed by atoms with E-state index < -0.39 is 5.92 Å². The quantitative estimate of drug-likeness (QED) is 0.555. The molecule has 6 nitrogen and oxygen atoms in total. The summed E-state index contributed by atoms with van der Waals surface area (Å²) in [6.45, 7) is 6.63. The monoisotopic (exact) mass is 374 g/mol. The zero-order valence-electron chi connectivity index (χ0n) is 16.1. The number of nitrogens with one attached hydrogen (secondary N) is 1. The number of aryl methyl sites for hydroxylation is 2. The molecule has 142 valence electrons. The van der Waals surface area contributed by atoms with E-state index in [0.717, 1.165) is 34.6 Å². The number of benzene rings is 2. The first kappa shape index (κ1) is 18.0. The van der Waals surface area contributed by atoms with Crippen molar-refractivity contribution in [2.24, 2.45) is 5.10 Å². The van der Waals surface area contributed by atoms with Gasteiger partial charge < -0.3 is 4.74 Å². The number of hydrogen-bond donors (Lipinski definition) is 1. The summed E-state index contributed by atoms with van der Waals surface area (Å²) in [5.74, 6) is 0.726. The van der Waals surface area contributed by atoms with Crippen LogP contribution in [-0.4, -0.2) is 21.4 Å². The third-order valence-corrected chi connectivity index (χ3v) is 4.94. The molecule has 0 spiro atoms. The third-order valence-electron chi connectivity index (χ3n) is 4.94. The largest absolute Gasteiger partial charge is 0.457 e. The number of ether oxygens (including phenoxy) is 1. The molecule has 28 heavy (non-hydrogen) atoms. The zero-order chi connectivity index (χ0) is 19.7. The van der Waals surface area contributed by atoms with E-state index in [-0.39, 0.29) is 5.91 Å². The van der Waals surface area contributed by atoms with Crippen molar-refractivity contribution in [2.45, 2.75) is 33.2 Å². The number of aromatic nitrogens is 2. The number of carbonyl (C=O) groups is 1. The maximum absolute atomic E-state index is 13.1. The topological polar surface area (TPSA) is 68.5 Å². The van der Waals surface area contributed by atoms with Gasteiger partial charge in [-0.3, -0.25) is 9.48 Å². The van der Waals surface area contributed by atoms with E-state index >= 15 is 0 Å². The van der Waals surface area contributed by atoms with Crippen molar-refractivity contribution in [2.75, 3.05) is 0 Å². The first-order chi connectivity index (χ1) is 13.6. The Morgan fingerprint density at radius 2 is 1.75 bits per heavy atom. The summed E-state index contributed by atoms with van der Waals surface area (Å²) in [6.07, 6.45) is 1.94. The molecule has 0 saturated carbocycles. The fourth-order valence-corrected chi connectivity index (χ4v) is 3.49. The van der Waals surface area contributed by atoms with Crippen molar-refractivity contribution in [3.05, 3.63) is 77.1 Å². The van der Waals surface area contributed by atoms with Crippen molar-refractivity contribution in [3.63, 3.8) is 0 Å². The second-order valence-electron chi connectivity index (χ2n) is 6.77. The van der Waals surface area contributed by atoms with Crippen LogP contribution in [0.3, 0.4) is 0 Å². The molecule has 1 aromatic heterocycles. The van der Waals surface area contributed by atoms with Gasteiger partial charge in [-0.05, 0) is 32.9 Å². The summed E-state index contributed by atoms with van der Waals surface area (Å²) in [4.78, 5) is 13.1. The second-order valence-corrected chi connectivity index (χ2v) is 6.77. The van der Waals surface area contributed by atoms with E-state index in [9.17, 15) is 4.79 Å². The molecular formula is C22H22N4O2. The molecule has 4 rings (SSSR count). The number of fused-ring (bicyclic) bond motifs is 2. The molecule has 0 fully saturated rings. The zero-order valence-corrected chi connectivity index (χ0v) is 16.1. The van der Waals surface area contributed by atoms with Crippen molar-refractivity contribution in [1.29, 1.82) is 0 Å². The van der Waals surface area contributed by atoms with Crippen LogP contribution in [0.4, 0.5) is 0 Å². The maximum Gasteiger partial charge on any atom is 0.252 e. The van der Waals surface area contributed by atoms with Crippen LogP contribution in [0.15, 0.2) is 59.8 Å². The van der Waals surface area contributed by atoms with Crippen molar-refractivity contribution in [3.8, 4) is 11.5 Å². The molecule has 0 bridgehead atoms. The normalized spacial score (nSPS) is 13.5. The lowest BCUT2D eigenvalue weighted by Gasteiger charge is -2.26. The molecule has 0 saturated heterocycles. The molecule has 0 radical (unpaired) electrons. The number of rotatable bonds is 4. The minimum absolute atomic E-state index is 0.192. The lowest BCUT2D eigenvalue weighted by molar-refractivity contribution is -0.121. The van der Waals surface area contributed by atoms with Gasteiger partial charge in [0, 0.05) is 29.4 Å². The van der Waals surface area contributed by atoms with Crippen molar-refractivity contribution >= 4 is 11.6 Å². The van der Waals surface area contributed by atoms with Crippen LogP contribution in [0.1, 0.15) is 42.1 Å². The highest BCUT2D eigenvalue weighted by molar-refractivity contribution is 6.00. The van der Waals surface area contributed by atoms with Gasteiger partial charge in [-0.1, -0.05) is 36.4 Å². The van der Waals surface area contributed by atoms with E-state index in [4.69, 9.17) is 4.74 Å². The Morgan fingerprint density at radius 1 is 1.14 bits per heavy atom. The number of carbonyl (C=O) groups excluding carboxylic acids is 1. The standard InChI is InChI=1S/C22H22N4O2/c1-4-26-13-18(15(3)25-26)14(2)23-24-22(27)21-16-9-5-7-11-19(16)28-20-12-8-6-10-17(20)21/h5-13,21H,4H2,1-3H3,(H,24,27)/b23-14-. The molecule has 0 unspecified atom stereocenters. The van der Waals surface area contributed by atoms with Crippen molar-refractivity contribution in [1.82, 2.24) is 15.2 Å². The minimum atomic E-state index is -0.475. The summed E-state index contributed by atoms with van der Waals surface area (Å²) >= 11 is 0. The molecule has 1 N–H and O–H groups in total. The number of nitrogens with zero attached hydrogens (tertiary/aromatic N) is 3. The molecule has 0 aliphatic carbocycles. The predicted octanol–water partition coefficient (Wildman–Crippen LogP) is 3.99. The lowest BCUT2D eigenvalue weighted by Crippen LogP contribution is -2.29. The minimum Gasteiger partial charge on any atom is -0.457 e. The van der Waals surface area contributed by atoms with Gasteiger partial charge in [0.1, 0.15) is 11.5 Å². The summed E-state index contributed by atoms with van der Waals surface area (Å²) in [5, 5.41) is 8.78. The third kappa shape index (κ3) is 3.17. The van der Waals surface area contributed by atoms with Crippen LogP contribution in [-0.2, 0) is 11.3 Å². The summed E-state index contributed by atoms with van der Waals surface area (Å²) in [6, 6.07) is 15.2. The van der Waals surface area contributed by atoms with Crippen LogP contribution in [0, 0.1) is 6.92 Å². The van der Waals surface area contributed by atoms with Gasteiger partial charge in [-0.2, -0.15) is 10.2 Å². The Hall–Kier alpha value is -3.41. The molecule has 1 aliphatic rings. The highest BCUT2D eigenvalue weighted by atomic mass is 16.5. The number of para-hydroxylation sites is 2. The van der Waals surface area contributed by atoms with E-state index in [1.54, 1.807) is 0 Å². The number of hydrogen-bond acceptors (Lipinski definition) is 4. The smallest absolute Gasteiger partial charge is 0.252 e. The molecule has 1 amide bonds.